The molecule has 3 aromatic carbocycles. The van der Waals surface area contributed by atoms with E-state index in [-0.39, 0.29) is 24.7 Å². The summed E-state index contributed by atoms with van der Waals surface area (Å²) in [6.07, 6.45) is 0.442. The van der Waals surface area contributed by atoms with E-state index in [4.69, 9.17) is 27.9 Å². The molecular formula is C24H21Cl2NO2. The zero-order chi connectivity index (χ0) is 20.4. The zero-order valence-electron chi connectivity index (χ0n) is 16.0. The third-order valence-corrected chi connectivity index (χ3v) is 6.24. The van der Waals surface area contributed by atoms with E-state index in [1.54, 1.807) is 11.9 Å². The number of rotatable bonds is 4. The molecule has 0 spiro atoms. The van der Waals surface area contributed by atoms with Crippen molar-refractivity contribution in [2.45, 2.75) is 25.0 Å². The van der Waals surface area contributed by atoms with Crippen LogP contribution >= 0.6 is 23.2 Å². The van der Waals surface area contributed by atoms with E-state index in [1.165, 1.54) is 5.56 Å². The van der Waals surface area contributed by atoms with Crippen molar-refractivity contribution in [3.8, 4) is 0 Å². The van der Waals surface area contributed by atoms with Crippen molar-refractivity contribution in [1.29, 1.82) is 0 Å². The summed E-state index contributed by atoms with van der Waals surface area (Å²) in [5, 5.41) is 1.08. The smallest absolute Gasteiger partial charge is 0.410 e. The first kappa shape index (κ1) is 19.8. The Morgan fingerprint density at radius 2 is 1.66 bits per heavy atom. The van der Waals surface area contributed by atoms with Crippen molar-refractivity contribution in [1.82, 2.24) is 4.90 Å². The van der Waals surface area contributed by atoms with Gasteiger partial charge in [0.15, 0.2) is 0 Å². The molecule has 1 amide bonds. The number of nitrogens with zero attached hydrogens (tertiary/aromatic N) is 1. The minimum atomic E-state index is -0.330. The SMILES string of the molecule is CN(C(=O)OCc1ccccc1)[C@@H]1C[C@@H](c2ccc(Cl)c(Cl)c2)c2ccccc21. The van der Waals surface area contributed by atoms with E-state index in [9.17, 15) is 4.79 Å². The largest absolute Gasteiger partial charge is 0.445 e. The lowest BCUT2D eigenvalue weighted by Gasteiger charge is -2.25. The molecule has 0 N–H and O–H groups in total. The Balaban J connectivity index is 1.54. The molecule has 4 rings (SSSR count). The maximum absolute atomic E-state index is 12.7. The second kappa shape index (κ2) is 8.48. The maximum Gasteiger partial charge on any atom is 0.410 e. The molecule has 5 heteroatoms. The van der Waals surface area contributed by atoms with E-state index in [0.717, 1.165) is 23.1 Å². The molecule has 0 radical (unpaired) electrons. The first-order valence-corrected chi connectivity index (χ1v) is 10.3. The molecule has 0 heterocycles. The number of ether oxygens (including phenoxy) is 1. The molecule has 0 unspecified atom stereocenters. The minimum Gasteiger partial charge on any atom is -0.445 e. The van der Waals surface area contributed by atoms with Gasteiger partial charge in [0.05, 0.1) is 16.1 Å². The quantitative estimate of drug-likeness (QED) is 0.457. The first-order chi connectivity index (χ1) is 14.0. The van der Waals surface area contributed by atoms with Crippen LogP contribution in [0.4, 0.5) is 4.79 Å². The molecule has 0 aromatic heterocycles. The van der Waals surface area contributed by atoms with Crippen LogP contribution in [-0.4, -0.2) is 18.0 Å². The average Bonchev–Trinajstić information content (AvgIpc) is 3.14. The van der Waals surface area contributed by atoms with Gasteiger partial charge in [0, 0.05) is 13.0 Å². The molecule has 1 aliphatic rings. The van der Waals surface area contributed by atoms with Gasteiger partial charge in [-0.2, -0.15) is 0 Å². The minimum absolute atomic E-state index is 0.0612. The number of benzene rings is 3. The summed E-state index contributed by atoms with van der Waals surface area (Å²) in [4.78, 5) is 14.4. The monoisotopic (exact) mass is 425 g/mol. The predicted molar refractivity (Wildman–Crippen MR) is 116 cm³/mol. The van der Waals surface area contributed by atoms with Gasteiger partial charge in [0.2, 0.25) is 0 Å². The zero-order valence-corrected chi connectivity index (χ0v) is 17.5. The Bertz CT molecular complexity index is 1020. The van der Waals surface area contributed by atoms with Crippen molar-refractivity contribution in [3.05, 3.63) is 105 Å². The Labute approximate surface area is 180 Å². The summed E-state index contributed by atoms with van der Waals surface area (Å²) in [5.41, 5.74) is 4.41. The van der Waals surface area contributed by atoms with E-state index < -0.39 is 0 Å². The van der Waals surface area contributed by atoms with Crippen LogP contribution in [0.3, 0.4) is 0 Å². The number of fused-ring (bicyclic) bond motifs is 1. The van der Waals surface area contributed by atoms with Crippen molar-refractivity contribution in [2.24, 2.45) is 0 Å². The normalized spacial score (nSPS) is 17.6. The Hall–Kier alpha value is -2.49. The topological polar surface area (TPSA) is 29.5 Å². The van der Waals surface area contributed by atoms with Crippen LogP contribution in [0.15, 0.2) is 72.8 Å². The number of hydrogen-bond donors (Lipinski definition) is 0. The molecule has 3 nitrogen and oxygen atoms in total. The fourth-order valence-electron chi connectivity index (χ4n) is 3.97. The molecule has 0 aliphatic heterocycles. The van der Waals surface area contributed by atoms with E-state index in [0.29, 0.717) is 10.0 Å². The van der Waals surface area contributed by atoms with Crippen molar-refractivity contribution in [3.63, 3.8) is 0 Å². The number of carbonyl (C=O) groups is 1. The van der Waals surface area contributed by atoms with Crippen LogP contribution in [0.2, 0.25) is 10.0 Å². The Morgan fingerprint density at radius 1 is 0.966 bits per heavy atom. The first-order valence-electron chi connectivity index (χ1n) is 9.52. The Kier molecular flexibility index (Phi) is 5.79. The summed E-state index contributed by atoms with van der Waals surface area (Å²) in [6.45, 7) is 0.259. The highest BCUT2D eigenvalue weighted by atomic mass is 35.5. The van der Waals surface area contributed by atoms with Gasteiger partial charge >= 0.3 is 6.09 Å². The van der Waals surface area contributed by atoms with Crippen LogP contribution < -0.4 is 0 Å². The molecule has 0 saturated carbocycles. The molecule has 0 fully saturated rings. The molecule has 1 aliphatic carbocycles. The fourth-order valence-corrected chi connectivity index (χ4v) is 4.28. The van der Waals surface area contributed by atoms with Crippen LogP contribution in [0.5, 0.6) is 0 Å². The third-order valence-electron chi connectivity index (χ3n) is 5.50. The van der Waals surface area contributed by atoms with E-state index >= 15 is 0 Å². The van der Waals surface area contributed by atoms with E-state index in [1.807, 2.05) is 60.7 Å². The van der Waals surface area contributed by atoms with Crippen LogP contribution in [0, 0.1) is 0 Å². The van der Waals surface area contributed by atoms with Crippen LogP contribution in [0.25, 0.3) is 0 Å². The highest BCUT2D eigenvalue weighted by Crippen LogP contribution is 2.47. The lowest BCUT2D eigenvalue weighted by Crippen LogP contribution is -2.30. The number of hydrogen-bond acceptors (Lipinski definition) is 2. The molecule has 3 aromatic rings. The number of amides is 1. The van der Waals surface area contributed by atoms with Crippen molar-refractivity contribution >= 4 is 29.3 Å². The molecule has 148 valence electrons. The average molecular weight is 426 g/mol. The van der Waals surface area contributed by atoms with Gasteiger partial charge in [-0.3, -0.25) is 0 Å². The van der Waals surface area contributed by atoms with Gasteiger partial charge in [-0.05, 0) is 40.8 Å². The molecule has 0 saturated heterocycles. The molecular weight excluding hydrogens is 405 g/mol. The number of halogens is 2. The lowest BCUT2D eigenvalue weighted by atomic mass is 9.93. The van der Waals surface area contributed by atoms with Crippen molar-refractivity contribution < 1.29 is 9.53 Å². The highest BCUT2D eigenvalue weighted by Gasteiger charge is 2.36. The fraction of sp³-hybridized carbons (Fsp3) is 0.208. The predicted octanol–water partition coefficient (Wildman–Crippen LogP) is 6.84. The van der Waals surface area contributed by atoms with Gasteiger partial charge in [-0.15, -0.1) is 0 Å². The Morgan fingerprint density at radius 3 is 2.38 bits per heavy atom. The summed E-state index contributed by atoms with van der Waals surface area (Å²) in [5.74, 6) is 0.148. The van der Waals surface area contributed by atoms with Gasteiger partial charge in [0.1, 0.15) is 6.61 Å². The molecule has 2 atom stereocenters. The molecule has 0 bridgehead atoms. The van der Waals surface area contributed by atoms with Gasteiger partial charge in [-0.1, -0.05) is 83.9 Å². The maximum atomic E-state index is 12.7. The van der Waals surface area contributed by atoms with Gasteiger partial charge < -0.3 is 9.64 Å². The molecule has 29 heavy (non-hydrogen) atoms. The summed E-state index contributed by atoms with van der Waals surface area (Å²) in [7, 11) is 1.80. The number of carbonyl (C=O) groups excluding carboxylic acids is 1. The lowest BCUT2D eigenvalue weighted by molar-refractivity contribution is 0.0904. The van der Waals surface area contributed by atoms with Crippen LogP contribution in [0.1, 0.15) is 40.6 Å². The standard InChI is InChI=1S/C24H21Cl2NO2/c1-27(24(28)29-15-16-7-3-2-4-8-16)23-14-20(18-9-5-6-10-19(18)23)17-11-12-21(25)22(26)13-17/h2-13,20,23H,14-15H2,1H3/t20-,23+/m0/s1. The second-order valence-corrected chi connectivity index (χ2v) is 8.07. The summed E-state index contributed by atoms with van der Waals surface area (Å²) < 4.78 is 5.54. The van der Waals surface area contributed by atoms with Gasteiger partial charge in [-0.25, -0.2) is 4.79 Å². The van der Waals surface area contributed by atoms with Gasteiger partial charge in [0.25, 0.3) is 0 Å². The van der Waals surface area contributed by atoms with Crippen molar-refractivity contribution in [2.75, 3.05) is 7.05 Å². The second-order valence-electron chi connectivity index (χ2n) is 7.26. The van der Waals surface area contributed by atoms with Crippen LogP contribution in [-0.2, 0) is 11.3 Å². The highest BCUT2D eigenvalue weighted by molar-refractivity contribution is 6.42. The summed E-state index contributed by atoms with van der Waals surface area (Å²) in [6, 6.07) is 23.6. The third kappa shape index (κ3) is 4.12. The van der Waals surface area contributed by atoms with E-state index in [2.05, 4.69) is 12.1 Å². The summed E-state index contributed by atoms with van der Waals surface area (Å²) >= 11 is 12.3.